The molecule has 0 aliphatic rings. The van der Waals surface area contributed by atoms with Gasteiger partial charge in [0, 0.05) is 5.56 Å². The largest absolute Gasteiger partial charge is 0.457 e. The number of hydrogen-bond donors (Lipinski definition) is 1. The first-order chi connectivity index (χ1) is 7.72. The highest BCUT2D eigenvalue weighted by Crippen LogP contribution is 2.30. The highest BCUT2D eigenvalue weighted by molar-refractivity contribution is 6.33. The van der Waals surface area contributed by atoms with Crippen LogP contribution in [0.2, 0.25) is 5.02 Å². The fourth-order valence-corrected chi connectivity index (χ4v) is 1.60. The molecule has 0 bridgehead atoms. The molecule has 3 nitrogen and oxygen atoms in total. The Morgan fingerprint density at radius 2 is 2.00 bits per heavy atom. The van der Waals surface area contributed by atoms with Crippen molar-refractivity contribution in [3.63, 3.8) is 0 Å². The summed E-state index contributed by atoms with van der Waals surface area (Å²) in [6, 6.07) is 12.1. The van der Waals surface area contributed by atoms with Crippen molar-refractivity contribution in [2.45, 2.75) is 6.10 Å². The number of halogens is 1. The molecular weight excluding hydrogens is 226 g/mol. The van der Waals surface area contributed by atoms with Crippen LogP contribution in [0.4, 0.5) is 0 Å². The van der Waals surface area contributed by atoms with Crippen LogP contribution in [0, 0.1) is 11.3 Å². The summed E-state index contributed by atoms with van der Waals surface area (Å²) >= 11 is 5.99. The van der Waals surface area contributed by atoms with E-state index in [0.29, 0.717) is 10.8 Å². The third-order valence-electron chi connectivity index (χ3n) is 2.16. The third kappa shape index (κ3) is 1.94. The van der Waals surface area contributed by atoms with E-state index in [4.69, 9.17) is 21.3 Å². The summed E-state index contributed by atoms with van der Waals surface area (Å²) in [7, 11) is 0. The molecule has 1 aromatic heterocycles. The van der Waals surface area contributed by atoms with Crippen LogP contribution < -0.4 is 0 Å². The molecule has 0 radical (unpaired) electrons. The van der Waals surface area contributed by atoms with Gasteiger partial charge in [0.1, 0.15) is 17.6 Å². The Labute approximate surface area is 97.5 Å². The lowest BCUT2D eigenvalue weighted by Gasteiger charge is -2.00. The predicted octanol–water partition coefficient (Wildman–Crippen LogP) is 3.16. The molecule has 0 saturated heterocycles. The van der Waals surface area contributed by atoms with Gasteiger partial charge >= 0.3 is 0 Å². The number of benzene rings is 1. The average Bonchev–Trinajstić information content (AvgIpc) is 2.78. The molecule has 80 valence electrons. The maximum atomic E-state index is 9.27. The molecule has 0 amide bonds. The number of aliphatic hydroxyl groups excluding tert-OH is 1. The molecule has 4 heteroatoms. The fraction of sp³-hybridized carbons (Fsp3) is 0.0833. The Hall–Kier alpha value is -1.76. The summed E-state index contributed by atoms with van der Waals surface area (Å²) in [6.45, 7) is 0. The van der Waals surface area contributed by atoms with Gasteiger partial charge in [-0.3, -0.25) is 0 Å². The van der Waals surface area contributed by atoms with Gasteiger partial charge in [-0.25, -0.2) is 0 Å². The second-order valence-electron chi connectivity index (χ2n) is 3.21. The summed E-state index contributed by atoms with van der Waals surface area (Å²) in [6.07, 6.45) is -1.24. The Morgan fingerprint density at radius 3 is 2.69 bits per heavy atom. The van der Waals surface area contributed by atoms with Gasteiger partial charge in [-0.15, -0.1) is 0 Å². The van der Waals surface area contributed by atoms with E-state index in [1.54, 1.807) is 24.3 Å². The second kappa shape index (κ2) is 4.40. The van der Waals surface area contributed by atoms with Crippen LogP contribution in [0.5, 0.6) is 0 Å². The normalized spacial score (nSPS) is 12.1. The summed E-state index contributed by atoms with van der Waals surface area (Å²) in [4.78, 5) is 0. The molecule has 0 aliphatic heterocycles. The second-order valence-corrected chi connectivity index (χ2v) is 3.62. The number of hydrogen-bond acceptors (Lipinski definition) is 3. The molecule has 1 N–H and O–H groups in total. The molecule has 1 heterocycles. The first-order valence-electron chi connectivity index (χ1n) is 4.64. The van der Waals surface area contributed by atoms with E-state index in [0.717, 1.165) is 5.56 Å². The fourth-order valence-electron chi connectivity index (χ4n) is 1.37. The zero-order valence-corrected chi connectivity index (χ0v) is 8.98. The summed E-state index contributed by atoms with van der Waals surface area (Å²) < 4.78 is 5.35. The Bertz CT molecular complexity index is 542. The molecule has 16 heavy (non-hydrogen) atoms. The number of rotatable bonds is 2. The Kier molecular flexibility index (Phi) is 2.95. The zero-order chi connectivity index (χ0) is 11.5. The molecule has 0 unspecified atom stereocenters. The van der Waals surface area contributed by atoms with Crippen molar-refractivity contribution in [3.05, 3.63) is 47.2 Å². The average molecular weight is 234 g/mol. The van der Waals surface area contributed by atoms with Crippen LogP contribution in [-0.2, 0) is 0 Å². The van der Waals surface area contributed by atoms with E-state index in [-0.39, 0.29) is 5.76 Å². The van der Waals surface area contributed by atoms with E-state index >= 15 is 0 Å². The molecule has 2 aromatic rings. The first kappa shape index (κ1) is 10.7. The number of furan rings is 1. The SMILES string of the molecule is N#C[C@@H](O)c1ccc(-c2ccccc2Cl)o1. The van der Waals surface area contributed by atoms with E-state index in [1.807, 2.05) is 18.2 Å². The topological polar surface area (TPSA) is 57.2 Å². The van der Waals surface area contributed by atoms with E-state index in [9.17, 15) is 5.11 Å². The van der Waals surface area contributed by atoms with Crippen molar-refractivity contribution >= 4 is 11.6 Å². The lowest BCUT2D eigenvalue weighted by Crippen LogP contribution is -1.88. The van der Waals surface area contributed by atoms with Gasteiger partial charge in [0.25, 0.3) is 0 Å². The van der Waals surface area contributed by atoms with Crippen molar-refractivity contribution < 1.29 is 9.52 Å². The van der Waals surface area contributed by atoms with Crippen LogP contribution >= 0.6 is 11.6 Å². The molecule has 0 fully saturated rings. The smallest absolute Gasteiger partial charge is 0.198 e. The molecule has 1 aromatic carbocycles. The molecular formula is C12H8ClNO2. The number of nitriles is 1. The molecule has 0 spiro atoms. The maximum absolute atomic E-state index is 9.27. The van der Waals surface area contributed by atoms with Crippen molar-refractivity contribution in [1.29, 1.82) is 5.26 Å². The van der Waals surface area contributed by atoms with Gasteiger partial charge in [-0.1, -0.05) is 23.7 Å². The standard InChI is InChI=1S/C12H8ClNO2/c13-9-4-2-1-3-8(9)11-5-6-12(16-11)10(15)7-14/h1-6,10,15H/t10-/m1/s1. The molecule has 2 rings (SSSR count). The highest BCUT2D eigenvalue weighted by atomic mass is 35.5. The van der Waals surface area contributed by atoms with Crippen molar-refractivity contribution in [2.24, 2.45) is 0 Å². The minimum absolute atomic E-state index is 0.220. The van der Waals surface area contributed by atoms with Crippen molar-refractivity contribution in [1.82, 2.24) is 0 Å². The zero-order valence-electron chi connectivity index (χ0n) is 8.22. The van der Waals surface area contributed by atoms with Crippen LogP contribution in [0.3, 0.4) is 0 Å². The predicted molar refractivity (Wildman–Crippen MR) is 59.7 cm³/mol. The van der Waals surface area contributed by atoms with E-state index < -0.39 is 6.10 Å². The van der Waals surface area contributed by atoms with Gasteiger partial charge in [-0.2, -0.15) is 5.26 Å². The number of nitrogens with zero attached hydrogens (tertiary/aromatic N) is 1. The van der Waals surface area contributed by atoms with Crippen molar-refractivity contribution in [2.75, 3.05) is 0 Å². The van der Waals surface area contributed by atoms with Crippen LogP contribution in [0.25, 0.3) is 11.3 Å². The number of aliphatic hydroxyl groups is 1. The van der Waals surface area contributed by atoms with Crippen LogP contribution in [0.15, 0.2) is 40.8 Å². The highest BCUT2D eigenvalue weighted by Gasteiger charge is 2.13. The Balaban J connectivity index is 2.40. The minimum Gasteiger partial charge on any atom is -0.457 e. The van der Waals surface area contributed by atoms with Gasteiger partial charge in [0.15, 0.2) is 6.10 Å². The lowest BCUT2D eigenvalue weighted by molar-refractivity contribution is 0.205. The van der Waals surface area contributed by atoms with E-state index in [2.05, 4.69) is 0 Å². The maximum Gasteiger partial charge on any atom is 0.198 e. The molecule has 0 saturated carbocycles. The summed E-state index contributed by atoms with van der Waals surface area (Å²) in [5.41, 5.74) is 0.737. The van der Waals surface area contributed by atoms with Gasteiger partial charge < -0.3 is 9.52 Å². The van der Waals surface area contributed by atoms with Gasteiger partial charge in [0.2, 0.25) is 0 Å². The quantitative estimate of drug-likeness (QED) is 0.811. The monoisotopic (exact) mass is 233 g/mol. The first-order valence-corrected chi connectivity index (χ1v) is 5.02. The van der Waals surface area contributed by atoms with Gasteiger partial charge in [0.05, 0.1) is 5.02 Å². The summed E-state index contributed by atoms with van der Waals surface area (Å²) in [5, 5.41) is 18.4. The minimum atomic E-state index is -1.24. The third-order valence-corrected chi connectivity index (χ3v) is 2.49. The lowest BCUT2D eigenvalue weighted by atomic mass is 10.2. The Morgan fingerprint density at radius 1 is 1.25 bits per heavy atom. The molecule has 0 aliphatic carbocycles. The van der Waals surface area contributed by atoms with Crippen molar-refractivity contribution in [3.8, 4) is 17.4 Å². The van der Waals surface area contributed by atoms with E-state index in [1.165, 1.54) is 0 Å². The molecule has 1 atom stereocenters. The van der Waals surface area contributed by atoms with Gasteiger partial charge in [-0.05, 0) is 24.3 Å². The summed E-state index contributed by atoms with van der Waals surface area (Å²) in [5.74, 6) is 0.757. The van der Waals surface area contributed by atoms with Crippen LogP contribution in [-0.4, -0.2) is 5.11 Å². The van der Waals surface area contributed by atoms with Crippen LogP contribution in [0.1, 0.15) is 11.9 Å².